The molecule has 0 radical (unpaired) electrons. The number of aromatic nitrogens is 1. The Balaban J connectivity index is 1.36. The fourth-order valence-electron chi connectivity index (χ4n) is 5.11. The number of halogens is 5. The normalized spacial score (nSPS) is 16.6. The number of hydrogen-bond donors (Lipinski definition) is 2. The van der Waals surface area contributed by atoms with Crippen LogP contribution >= 0.6 is 23.4 Å². The van der Waals surface area contributed by atoms with Crippen molar-refractivity contribution in [3.8, 4) is 5.75 Å². The number of alkyl halides is 4. The molecule has 1 aliphatic heterocycles. The number of fused-ring (bicyclic) bond motifs is 1. The molecule has 1 saturated heterocycles. The lowest BCUT2D eigenvalue weighted by molar-refractivity contribution is -0.143. The summed E-state index contributed by atoms with van der Waals surface area (Å²) < 4.78 is 59.3. The third kappa shape index (κ3) is 6.99. The minimum absolute atomic E-state index is 0.0211. The summed E-state index contributed by atoms with van der Waals surface area (Å²) in [6.45, 7) is 1.80. The molecule has 0 unspecified atom stereocenters. The summed E-state index contributed by atoms with van der Waals surface area (Å²) in [5.74, 6) is 0.671. The van der Waals surface area contributed by atoms with Crippen molar-refractivity contribution in [3.63, 3.8) is 0 Å². The molecule has 0 saturated carbocycles. The predicted molar refractivity (Wildman–Crippen MR) is 147 cm³/mol. The van der Waals surface area contributed by atoms with Crippen LogP contribution in [0.5, 0.6) is 5.75 Å². The van der Waals surface area contributed by atoms with Crippen molar-refractivity contribution >= 4 is 40.2 Å². The number of carbonyl (C=O) groups excluding carboxylic acids is 1. The third-order valence-corrected chi connectivity index (χ3v) is 8.81. The van der Waals surface area contributed by atoms with Crippen LogP contribution in [0.1, 0.15) is 43.0 Å². The Labute approximate surface area is 239 Å². The molecule has 3 aromatic rings. The van der Waals surface area contributed by atoms with Gasteiger partial charge in [0, 0.05) is 34.3 Å². The zero-order valence-electron chi connectivity index (χ0n) is 21.8. The molecule has 216 valence electrons. The molecule has 4 rings (SSSR count). The summed E-state index contributed by atoms with van der Waals surface area (Å²) in [6, 6.07) is 10.2. The first kappa shape index (κ1) is 30.4. The van der Waals surface area contributed by atoms with Crippen LogP contribution < -0.4 is 10.2 Å². The van der Waals surface area contributed by atoms with Gasteiger partial charge in [0.15, 0.2) is 0 Å². The molecular weight excluding hydrogens is 570 g/mol. The van der Waals surface area contributed by atoms with E-state index in [1.54, 1.807) is 23.7 Å². The number of rotatable bonds is 10. The lowest BCUT2D eigenvalue weighted by Gasteiger charge is -2.40. The first-order chi connectivity index (χ1) is 19.1. The molecule has 1 amide bonds. The van der Waals surface area contributed by atoms with Gasteiger partial charge in [-0.05, 0) is 81.2 Å². The highest BCUT2D eigenvalue weighted by molar-refractivity contribution is 7.99. The van der Waals surface area contributed by atoms with Gasteiger partial charge in [0.1, 0.15) is 11.9 Å². The lowest BCUT2D eigenvalue weighted by Crippen LogP contribution is -2.48. The molecule has 2 N–H and O–H groups in total. The number of ether oxygens (including phenoxy) is 1. The largest absolute Gasteiger partial charge is 0.497 e. The van der Waals surface area contributed by atoms with Gasteiger partial charge in [0.05, 0.1) is 28.6 Å². The van der Waals surface area contributed by atoms with Crippen LogP contribution in [0.4, 0.5) is 17.6 Å². The molecule has 40 heavy (non-hydrogen) atoms. The van der Waals surface area contributed by atoms with E-state index in [4.69, 9.17) is 16.3 Å². The number of nitrogens with zero attached hydrogens (tertiary/aromatic N) is 2. The van der Waals surface area contributed by atoms with Gasteiger partial charge in [0.25, 0.3) is 0 Å². The summed E-state index contributed by atoms with van der Waals surface area (Å²) in [7, 11) is 1.52. The lowest BCUT2D eigenvalue weighted by atomic mass is 9.73. The second kappa shape index (κ2) is 12.9. The van der Waals surface area contributed by atoms with Gasteiger partial charge in [0.2, 0.25) is 5.91 Å². The number of thioether (sulfide) groups is 1. The average Bonchev–Trinajstić information content (AvgIpc) is 2.95. The van der Waals surface area contributed by atoms with E-state index in [0.29, 0.717) is 60.4 Å². The molecule has 1 aromatic heterocycles. The summed E-state index contributed by atoms with van der Waals surface area (Å²) in [5, 5.41) is 10.2. The summed E-state index contributed by atoms with van der Waals surface area (Å²) in [5.41, 5.74) is 1.02. The van der Waals surface area contributed by atoms with Crippen LogP contribution in [0, 0.1) is 5.41 Å². The first-order valence-corrected chi connectivity index (χ1v) is 14.2. The van der Waals surface area contributed by atoms with Gasteiger partial charge >= 0.3 is 6.18 Å². The highest BCUT2D eigenvalue weighted by atomic mass is 35.5. The van der Waals surface area contributed by atoms with Crippen molar-refractivity contribution in [2.24, 2.45) is 5.41 Å². The van der Waals surface area contributed by atoms with Crippen LogP contribution in [0.3, 0.4) is 0 Å². The Kier molecular flexibility index (Phi) is 9.81. The highest BCUT2D eigenvalue weighted by Gasteiger charge is 2.41. The topological polar surface area (TPSA) is 74.7 Å². The van der Waals surface area contributed by atoms with E-state index in [-0.39, 0.29) is 17.9 Å². The standard InChI is InChI=1S/C28H30ClF4N3O3S/c1-39-19-4-7-24-21(16-19)25(22(29)17-34-24)23(30)8-9-27(26(37)35-38)10-12-36(13-11-27)14-15-40-20-5-2-18(3-6-20)28(31,32)33/h2-7,16-17,23,38H,8-15H2,1H3,(H,35,37)/t23-/m1/s1. The van der Waals surface area contributed by atoms with E-state index in [1.807, 2.05) is 0 Å². The van der Waals surface area contributed by atoms with Gasteiger partial charge in [-0.1, -0.05) is 11.6 Å². The fourth-order valence-corrected chi connectivity index (χ4v) is 6.29. The Morgan fingerprint density at radius 2 is 1.93 bits per heavy atom. The Morgan fingerprint density at radius 1 is 1.23 bits per heavy atom. The van der Waals surface area contributed by atoms with Gasteiger partial charge < -0.3 is 9.64 Å². The SMILES string of the molecule is COc1ccc2ncc(Cl)c([C@H](F)CCC3(C(=O)NO)CCN(CCSc4ccc(C(F)(F)F)cc4)CC3)c2c1. The number of likely N-dealkylation sites (tertiary alicyclic amines) is 1. The predicted octanol–water partition coefficient (Wildman–Crippen LogP) is 7.09. The monoisotopic (exact) mass is 599 g/mol. The van der Waals surface area contributed by atoms with Gasteiger partial charge in [-0.2, -0.15) is 13.2 Å². The number of piperidine rings is 1. The number of amides is 1. The zero-order chi connectivity index (χ0) is 28.9. The van der Waals surface area contributed by atoms with Crippen LogP contribution in [0.25, 0.3) is 10.9 Å². The molecule has 1 atom stereocenters. The Bertz CT molecular complexity index is 1320. The maximum Gasteiger partial charge on any atom is 0.416 e. The molecule has 2 heterocycles. The third-order valence-electron chi connectivity index (χ3n) is 7.51. The molecule has 0 spiro atoms. The second-order valence-corrected chi connectivity index (χ2v) is 11.4. The van der Waals surface area contributed by atoms with Crippen molar-refractivity contribution in [2.75, 3.05) is 32.5 Å². The molecule has 12 heteroatoms. The van der Waals surface area contributed by atoms with E-state index in [1.165, 1.54) is 37.2 Å². The Hall–Kier alpha value is -2.60. The van der Waals surface area contributed by atoms with Crippen molar-refractivity contribution < 1.29 is 32.3 Å². The first-order valence-electron chi connectivity index (χ1n) is 12.8. The van der Waals surface area contributed by atoms with Gasteiger partial charge in [-0.3, -0.25) is 15.0 Å². The molecule has 0 aliphatic carbocycles. The number of nitrogens with one attached hydrogen (secondary N) is 1. The smallest absolute Gasteiger partial charge is 0.416 e. The minimum atomic E-state index is -4.36. The Morgan fingerprint density at radius 3 is 2.55 bits per heavy atom. The highest BCUT2D eigenvalue weighted by Crippen LogP contribution is 2.42. The van der Waals surface area contributed by atoms with Crippen LogP contribution in [0.2, 0.25) is 5.02 Å². The minimum Gasteiger partial charge on any atom is -0.497 e. The van der Waals surface area contributed by atoms with E-state index in [9.17, 15) is 23.2 Å². The van der Waals surface area contributed by atoms with E-state index < -0.39 is 29.2 Å². The van der Waals surface area contributed by atoms with Crippen molar-refractivity contribution in [1.82, 2.24) is 15.4 Å². The fraction of sp³-hybridized carbons (Fsp3) is 0.429. The number of carbonyl (C=O) groups is 1. The summed E-state index contributed by atoms with van der Waals surface area (Å²) in [6.07, 6.45) is -3.34. The number of hydroxylamine groups is 1. The van der Waals surface area contributed by atoms with E-state index in [2.05, 4.69) is 9.88 Å². The molecule has 2 aromatic carbocycles. The number of methoxy groups -OCH3 is 1. The summed E-state index contributed by atoms with van der Waals surface area (Å²) >= 11 is 7.81. The van der Waals surface area contributed by atoms with Gasteiger partial charge in [-0.15, -0.1) is 11.8 Å². The zero-order valence-corrected chi connectivity index (χ0v) is 23.4. The van der Waals surface area contributed by atoms with Crippen molar-refractivity contribution in [1.29, 1.82) is 0 Å². The maximum absolute atomic E-state index is 15.7. The van der Waals surface area contributed by atoms with E-state index >= 15 is 4.39 Å². The second-order valence-electron chi connectivity index (χ2n) is 9.84. The van der Waals surface area contributed by atoms with Crippen LogP contribution in [0.15, 0.2) is 53.6 Å². The van der Waals surface area contributed by atoms with Gasteiger partial charge in [-0.25, -0.2) is 9.87 Å². The number of pyridine rings is 1. The van der Waals surface area contributed by atoms with Crippen molar-refractivity contribution in [2.45, 2.75) is 42.9 Å². The molecule has 0 bridgehead atoms. The molecule has 1 fully saturated rings. The average molecular weight is 600 g/mol. The quantitative estimate of drug-likeness (QED) is 0.112. The molecule has 6 nitrogen and oxygen atoms in total. The summed E-state index contributed by atoms with van der Waals surface area (Å²) in [4.78, 5) is 19.9. The maximum atomic E-state index is 15.7. The molecule has 1 aliphatic rings. The number of benzene rings is 2. The van der Waals surface area contributed by atoms with E-state index in [0.717, 1.165) is 17.0 Å². The molecular formula is C28H30ClF4N3O3S. The van der Waals surface area contributed by atoms with Crippen LogP contribution in [-0.4, -0.2) is 53.5 Å². The number of hydrogen-bond acceptors (Lipinski definition) is 6. The van der Waals surface area contributed by atoms with Crippen molar-refractivity contribution in [3.05, 3.63) is 64.8 Å². The van der Waals surface area contributed by atoms with Crippen LogP contribution in [-0.2, 0) is 11.0 Å².